The molecule has 0 aliphatic rings. The predicted molar refractivity (Wildman–Crippen MR) is 80.0 cm³/mol. The summed E-state index contributed by atoms with van der Waals surface area (Å²) in [6.07, 6.45) is 3.67. The SMILES string of the molecule is CC(C)c1nnc(SCC(=O)O)n1-c1cnn(C(C)C)c1. The number of carboxylic acid groups (broad SMARTS) is 1. The Labute approximate surface area is 127 Å². The van der Waals surface area contributed by atoms with E-state index >= 15 is 0 Å². The molecule has 0 saturated heterocycles. The molecule has 2 rings (SSSR count). The van der Waals surface area contributed by atoms with Gasteiger partial charge in [0.25, 0.3) is 0 Å². The summed E-state index contributed by atoms with van der Waals surface area (Å²) in [7, 11) is 0. The Morgan fingerprint density at radius 3 is 2.57 bits per heavy atom. The van der Waals surface area contributed by atoms with Gasteiger partial charge in [-0.2, -0.15) is 5.10 Å². The smallest absolute Gasteiger partial charge is 0.313 e. The molecule has 2 aromatic rings. The second kappa shape index (κ2) is 6.30. The van der Waals surface area contributed by atoms with Crippen LogP contribution in [0.25, 0.3) is 5.69 Å². The van der Waals surface area contributed by atoms with Crippen LogP contribution in [0.15, 0.2) is 17.6 Å². The van der Waals surface area contributed by atoms with Gasteiger partial charge >= 0.3 is 5.97 Å². The van der Waals surface area contributed by atoms with E-state index in [-0.39, 0.29) is 17.7 Å². The number of nitrogens with zero attached hydrogens (tertiary/aromatic N) is 5. The summed E-state index contributed by atoms with van der Waals surface area (Å²) in [5, 5.41) is 22.0. The number of thioether (sulfide) groups is 1. The first-order chi connectivity index (χ1) is 9.90. The van der Waals surface area contributed by atoms with Crippen molar-refractivity contribution in [1.29, 1.82) is 0 Å². The zero-order chi connectivity index (χ0) is 15.6. The van der Waals surface area contributed by atoms with Gasteiger partial charge in [0, 0.05) is 18.2 Å². The molecule has 0 aliphatic carbocycles. The van der Waals surface area contributed by atoms with Crippen molar-refractivity contribution in [2.45, 2.75) is 44.8 Å². The fourth-order valence-corrected chi connectivity index (χ4v) is 2.52. The summed E-state index contributed by atoms with van der Waals surface area (Å²) in [6, 6.07) is 0.257. The normalized spacial score (nSPS) is 11.5. The van der Waals surface area contributed by atoms with E-state index in [9.17, 15) is 4.79 Å². The Balaban J connectivity index is 2.42. The molecule has 2 aromatic heterocycles. The minimum atomic E-state index is -0.876. The molecule has 0 spiro atoms. The van der Waals surface area contributed by atoms with Crippen molar-refractivity contribution in [2.24, 2.45) is 0 Å². The van der Waals surface area contributed by atoms with Gasteiger partial charge in [0.05, 0.1) is 17.6 Å². The molecule has 7 nitrogen and oxygen atoms in total. The summed E-state index contributed by atoms with van der Waals surface area (Å²) in [5.41, 5.74) is 0.852. The lowest BCUT2D eigenvalue weighted by atomic mass is 10.2. The molecule has 0 bridgehead atoms. The Kier molecular flexibility index (Phi) is 4.66. The highest BCUT2D eigenvalue weighted by molar-refractivity contribution is 7.99. The first-order valence-electron chi connectivity index (χ1n) is 6.74. The van der Waals surface area contributed by atoms with E-state index in [0.717, 1.165) is 23.3 Å². The van der Waals surface area contributed by atoms with Crippen molar-refractivity contribution in [3.8, 4) is 5.69 Å². The van der Waals surface area contributed by atoms with E-state index in [0.29, 0.717) is 5.16 Å². The van der Waals surface area contributed by atoms with Crippen molar-refractivity contribution in [3.05, 3.63) is 18.2 Å². The fraction of sp³-hybridized carbons (Fsp3) is 0.538. The highest BCUT2D eigenvalue weighted by Crippen LogP contribution is 2.25. The van der Waals surface area contributed by atoms with E-state index in [1.165, 1.54) is 0 Å². The molecular weight excluding hydrogens is 290 g/mol. The minimum Gasteiger partial charge on any atom is -0.481 e. The van der Waals surface area contributed by atoms with Crippen molar-refractivity contribution in [2.75, 3.05) is 5.75 Å². The first-order valence-corrected chi connectivity index (χ1v) is 7.73. The Bertz CT molecular complexity index is 632. The molecule has 0 aliphatic heterocycles. The third-order valence-corrected chi connectivity index (χ3v) is 3.79. The lowest BCUT2D eigenvalue weighted by molar-refractivity contribution is -0.133. The van der Waals surface area contributed by atoms with Gasteiger partial charge in [-0.05, 0) is 13.8 Å². The van der Waals surface area contributed by atoms with E-state index in [1.807, 2.05) is 43.1 Å². The van der Waals surface area contributed by atoms with Crippen molar-refractivity contribution >= 4 is 17.7 Å². The average molecular weight is 309 g/mol. The summed E-state index contributed by atoms with van der Waals surface area (Å²) in [5.74, 6) is 0.0537. The van der Waals surface area contributed by atoms with E-state index in [2.05, 4.69) is 15.3 Å². The van der Waals surface area contributed by atoms with Gasteiger partial charge < -0.3 is 5.11 Å². The van der Waals surface area contributed by atoms with E-state index < -0.39 is 5.97 Å². The molecule has 0 atom stereocenters. The molecule has 0 radical (unpaired) electrons. The number of hydrogen-bond donors (Lipinski definition) is 1. The topological polar surface area (TPSA) is 85.8 Å². The van der Waals surface area contributed by atoms with Gasteiger partial charge in [-0.15, -0.1) is 10.2 Å². The number of rotatable bonds is 6. The van der Waals surface area contributed by atoms with Gasteiger partial charge in [0.2, 0.25) is 0 Å². The zero-order valence-corrected chi connectivity index (χ0v) is 13.3. The van der Waals surface area contributed by atoms with Crippen LogP contribution in [-0.2, 0) is 4.79 Å². The van der Waals surface area contributed by atoms with Crippen LogP contribution in [0.5, 0.6) is 0 Å². The largest absolute Gasteiger partial charge is 0.481 e. The molecule has 8 heteroatoms. The summed E-state index contributed by atoms with van der Waals surface area (Å²) in [4.78, 5) is 10.8. The second-order valence-electron chi connectivity index (χ2n) is 5.29. The minimum absolute atomic E-state index is 0.0471. The molecule has 2 heterocycles. The number of aliphatic carboxylic acids is 1. The quantitative estimate of drug-likeness (QED) is 0.824. The van der Waals surface area contributed by atoms with Crippen LogP contribution in [0.2, 0.25) is 0 Å². The van der Waals surface area contributed by atoms with E-state index in [4.69, 9.17) is 5.11 Å². The van der Waals surface area contributed by atoms with Crippen LogP contribution >= 0.6 is 11.8 Å². The molecule has 0 aromatic carbocycles. The van der Waals surface area contributed by atoms with Crippen molar-refractivity contribution in [1.82, 2.24) is 24.5 Å². The Hall–Kier alpha value is -1.83. The Morgan fingerprint density at radius 1 is 1.33 bits per heavy atom. The van der Waals surface area contributed by atoms with Crippen molar-refractivity contribution in [3.63, 3.8) is 0 Å². The maximum absolute atomic E-state index is 10.8. The third kappa shape index (κ3) is 3.44. The fourth-order valence-electron chi connectivity index (χ4n) is 1.84. The summed E-state index contributed by atoms with van der Waals surface area (Å²) in [6.45, 7) is 8.15. The van der Waals surface area contributed by atoms with Crippen LogP contribution in [0.3, 0.4) is 0 Å². The monoisotopic (exact) mass is 309 g/mol. The standard InChI is InChI=1S/C13H19N5O2S/c1-8(2)12-15-16-13(21-7-11(19)20)18(12)10-5-14-17(6-10)9(3)4/h5-6,8-9H,7H2,1-4H3,(H,19,20). The van der Waals surface area contributed by atoms with Crippen LogP contribution < -0.4 is 0 Å². The van der Waals surface area contributed by atoms with Gasteiger partial charge in [-0.1, -0.05) is 25.6 Å². The zero-order valence-electron chi connectivity index (χ0n) is 12.5. The maximum Gasteiger partial charge on any atom is 0.313 e. The molecule has 0 amide bonds. The van der Waals surface area contributed by atoms with Gasteiger partial charge in [0.1, 0.15) is 5.82 Å². The maximum atomic E-state index is 10.8. The second-order valence-corrected chi connectivity index (χ2v) is 6.23. The lowest BCUT2D eigenvalue weighted by Crippen LogP contribution is -2.06. The number of carboxylic acids is 1. The van der Waals surface area contributed by atoms with Crippen LogP contribution in [0, 0.1) is 0 Å². The number of hydrogen-bond acceptors (Lipinski definition) is 5. The molecule has 21 heavy (non-hydrogen) atoms. The Morgan fingerprint density at radius 2 is 2.05 bits per heavy atom. The number of carbonyl (C=O) groups is 1. The molecule has 0 unspecified atom stereocenters. The van der Waals surface area contributed by atoms with Crippen molar-refractivity contribution < 1.29 is 9.90 Å². The van der Waals surface area contributed by atoms with Crippen LogP contribution in [0.4, 0.5) is 0 Å². The lowest BCUT2D eigenvalue weighted by Gasteiger charge is -2.09. The predicted octanol–water partition coefficient (Wildman–Crippen LogP) is 2.34. The third-order valence-electron chi connectivity index (χ3n) is 2.87. The summed E-state index contributed by atoms with van der Waals surface area (Å²) >= 11 is 1.16. The molecule has 0 saturated carbocycles. The molecule has 0 fully saturated rings. The molecule has 114 valence electrons. The van der Waals surface area contributed by atoms with E-state index in [1.54, 1.807) is 6.20 Å². The number of aromatic nitrogens is 5. The summed E-state index contributed by atoms with van der Waals surface area (Å²) < 4.78 is 3.73. The van der Waals surface area contributed by atoms with Crippen LogP contribution in [0.1, 0.15) is 45.5 Å². The van der Waals surface area contributed by atoms with Gasteiger partial charge in [-0.3, -0.25) is 14.0 Å². The van der Waals surface area contributed by atoms with Crippen LogP contribution in [-0.4, -0.2) is 41.4 Å². The van der Waals surface area contributed by atoms with Gasteiger partial charge in [0.15, 0.2) is 5.16 Å². The molecular formula is C13H19N5O2S. The highest BCUT2D eigenvalue weighted by Gasteiger charge is 2.19. The average Bonchev–Trinajstić information content (AvgIpc) is 3.02. The van der Waals surface area contributed by atoms with Gasteiger partial charge in [-0.25, -0.2) is 0 Å². The highest BCUT2D eigenvalue weighted by atomic mass is 32.2. The molecule has 1 N–H and O–H groups in total. The first kappa shape index (κ1) is 15.6.